The van der Waals surface area contributed by atoms with Crippen molar-refractivity contribution in [2.75, 3.05) is 6.61 Å². The molecule has 0 saturated heterocycles. The van der Waals surface area contributed by atoms with Crippen molar-refractivity contribution in [2.24, 2.45) is 5.73 Å². The fourth-order valence-corrected chi connectivity index (χ4v) is 2.77. The van der Waals surface area contributed by atoms with Crippen LogP contribution < -0.4 is 10.5 Å². The van der Waals surface area contributed by atoms with Gasteiger partial charge in [0.25, 0.3) is 0 Å². The Kier molecular flexibility index (Phi) is 3.14. The van der Waals surface area contributed by atoms with Crippen molar-refractivity contribution in [1.29, 1.82) is 0 Å². The second kappa shape index (κ2) is 4.78. The van der Waals surface area contributed by atoms with Gasteiger partial charge in [-0.1, -0.05) is 18.2 Å². The Labute approximate surface area is 114 Å². The van der Waals surface area contributed by atoms with Crippen molar-refractivity contribution in [3.05, 3.63) is 52.4 Å². The van der Waals surface area contributed by atoms with Gasteiger partial charge in [-0.15, -0.1) is 0 Å². The van der Waals surface area contributed by atoms with E-state index < -0.39 is 0 Å². The van der Waals surface area contributed by atoms with E-state index in [2.05, 4.69) is 22.0 Å². The van der Waals surface area contributed by atoms with Gasteiger partial charge in [-0.2, -0.15) is 0 Å². The molecule has 2 atom stereocenters. The maximum absolute atomic E-state index is 6.33. The Morgan fingerprint density at radius 3 is 2.83 bits per heavy atom. The SMILES string of the molecule is NC(c1ccc(Br)o1)C1CCOc2ccccc21. The maximum Gasteiger partial charge on any atom is 0.169 e. The van der Waals surface area contributed by atoms with E-state index in [-0.39, 0.29) is 12.0 Å². The van der Waals surface area contributed by atoms with E-state index in [1.807, 2.05) is 30.3 Å². The number of para-hydroxylation sites is 1. The van der Waals surface area contributed by atoms with Crippen LogP contribution in [0.3, 0.4) is 0 Å². The lowest BCUT2D eigenvalue weighted by atomic mass is 9.86. The van der Waals surface area contributed by atoms with Crippen molar-refractivity contribution < 1.29 is 9.15 Å². The first-order valence-electron chi connectivity index (χ1n) is 5.98. The summed E-state index contributed by atoms with van der Waals surface area (Å²) < 4.78 is 11.9. The van der Waals surface area contributed by atoms with E-state index in [4.69, 9.17) is 14.9 Å². The largest absolute Gasteiger partial charge is 0.493 e. The molecule has 1 aromatic heterocycles. The Hall–Kier alpha value is -1.26. The number of rotatable bonds is 2. The first-order valence-corrected chi connectivity index (χ1v) is 6.77. The lowest BCUT2D eigenvalue weighted by Gasteiger charge is -2.29. The van der Waals surface area contributed by atoms with Crippen LogP contribution in [0.4, 0.5) is 0 Å². The summed E-state index contributed by atoms with van der Waals surface area (Å²) in [6, 6.07) is 11.7. The van der Waals surface area contributed by atoms with Crippen LogP contribution in [0.15, 0.2) is 45.5 Å². The normalized spacial score (nSPS) is 20.0. The van der Waals surface area contributed by atoms with Crippen LogP contribution in [-0.2, 0) is 0 Å². The molecule has 1 aromatic carbocycles. The van der Waals surface area contributed by atoms with Crippen LogP contribution in [0.1, 0.15) is 29.7 Å². The van der Waals surface area contributed by atoms with Crippen molar-refractivity contribution in [3.8, 4) is 5.75 Å². The van der Waals surface area contributed by atoms with Gasteiger partial charge in [-0.25, -0.2) is 0 Å². The van der Waals surface area contributed by atoms with Crippen LogP contribution in [0.5, 0.6) is 5.75 Å². The van der Waals surface area contributed by atoms with Crippen molar-refractivity contribution >= 4 is 15.9 Å². The van der Waals surface area contributed by atoms with Gasteiger partial charge in [0.05, 0.1) is 12.6 Å². The zero-order chi connectivity index (χ0) is 12.5. The molecule has 3 rings (SSSR count). The summed E-state index contributed by atoms with van der Waals surface area (Å²) in [5, 5.41) is 0. The molecule has 0 spiro atoms. The molecule has 3 nitrogen and oxygen atoms in total. The molecule has 0 aliphatic carbocycles. The van der Waals surface area contributed by atoms with Gasteiger partial charge in [-0.05, 0) is 46.1 Å². The second-order valence-electron chi connectivity index (χ2n) is 4.45. The molecule has 1 aliphatic rings. The number of nitrogens with two attached hydrogens (primary N) is 1. The summed E-state index contributed by atoms with van der Waals surface area (Å²) in [7, 11) is 0. The molecule has 1 aliphatic heterocycles. The summed E-state index contributed by atoms with van der Waals surface area (Å²) in [4.78, 5) is 0. The standard InChI is InChI=1S/C14H14BrNO2/c15-13-6-5-12(18-13)14(16)10-7-8-17-11-4-2-1-3-9(10)11/h1-6,10,14H,7-8,16H2. The van der Waals surface area contributed by atoms with E-state index in [0.29, 0.717) is 11.3 Å². The van der Waals surface area contributed by atoms with Crippen LogP contribution in [0.2, 0.25) is 0 Å². The van der Waals surface area contributed by atoms with Gasteiger partial charge in [0.1, 0.15) is 11.5 Å². The molecular formula is C14H14BrNO2. The Balaban J connectivity index is 1.94. The van der Waals surface area contributed by atoms with E-state index in [0.717, 1.165) is 17.9 Å². The van der Waals surface area contributed by atoms with Gasteiger partial charge in [-0.3, -0.25) is 0 Å². The minimum Gasteiger partial charge on any atom is -0.493 e. The highest BCUT2D eigenvalue weighted by molar-refractivity contribution is 9.10. The minimum atomic E-state index is -0.138. The van der Waals surface area contributed by atoms with Crippen LogP contribution >= 0.6 is 15.9 Å². The molecule has 2 N–H and O–H groups in total. The molecule has 0 bridgehead atoms. The molecule has 0 fully saturated rings. The zero-order valence-corrected chi connectivity index (χ0v) is 11.4. The predicted molar refractivity (Wildman–Crippen MR) is 72.6 cm³/mol. The van der Waals surface area contributed by atoms with Gasteiger partial charge in [0, 0.05) is 5.92 Å². The van der Waals surface area contributed by atoms with Crippen molar-refractivity contribution in [2.45, 2.75) is 18.4 Å². The molecule has 18 heavy (non-hydrogen) atoms. The van der Waals surface area contributed by atoms with Crippen LogP contribution in [0, 0.1) is 0 Å². The van der Waals surface area contributed by atoms with Gasteiger partial charge in [0.2, 0.25) is 0 Å². The summed E-state index contributed by atoms with van der Waals surface area (Å²) in [5.74, 6) is 1.99. The lowest BCUT2D eigenvalue weighted by Crippen LogP contribution is -2.25. The minimum absolute atomic E-state index is 0.138. The zero-order valence-electron chi connectivity index (χ0n) is 9.80. The first-order chi connectivity index (χ1) is 8.75. The Morgan fingerprint density at radius 1 is 1.22 bits per heavy atom. The number of hydrogen-bond donors (Lipinski definition) is 1. The van der Waals surface area contributed by atoms with E-state index in [9.17, 15) is 0 Å². The van der Waals surface area contributed by atoms with E-state index in [1.165, 1.54) is 5.56 Å². The lowest BCUT2D eigenvalue weighted by molar-refractivity contribution is 0.248. The van der Waals surface area contributed by atoms with E-state index in [1.54, 1.807) is 0 Å². The molecule has 0 radical (unpaired) electrons. The number of halogens is 1. The highest BCUT2D eigenvalue weighted by Crippen LogP contribution is 2.40. The third-order valence-electron chi connectivity index (χ3n) is 3.36. The molecular weight excluding hydrogens is 294 g/mol. The molecule has 0 saturated carbocycles. The molecule has 94 valence electrons. The third-order valence-corrected chi connectivity index (χ3v) is 3.79. The number of hydrogen-bond acceptors (Lipinski definition) is 3. The Bertz CT molecular complexity index is 552. The average molecular weight is 308 g/mol. The van der Waals surface area contributed by atoms with Gasteiger partial charge >= 0.3 is 0 Å². The number of furan rings is 1. The average Bonchev–Trinajstić information content (AvgIpc) is 2.84. The van der Waals surface area contributed by atoms with E-state index >= 15 is 0 Å². The first kappa shape index (κ1) is 11.8. The molecule has 0 amide bonds. The number of fused-ring (bicyclic) bond motifs is 1. The molecule has 4 heteroatoms. The molecule has 2 heterocycles. The number of benzene rings is 1. The van der Waals surface area contributed by atoms with Crippen molar-refractivity contribution in [3.63, 3.8) is 0 Å². The summed E-state index contributed by atoms with van der Waals surface area (Å²) >= 11 is 3.31. The fraction of sp³-hybridized carbons (Fsp3) is 0.286. The summed E-state index contributed by atoms with van der Waals surface area (Å²) in [5.41, 5.74) is 7.50. The summed E-state index contributed by atoms with van der Waals surface area (Å²) in [6.07, 6.45) is 0.913. The highest BCUT2D eigenvalue weighted by Gasteiger charge is 2.29. The van der Waals surface area contributed by atoms with Crippen molar-refractivity contribution in [1.82, 2.24) is 0 Å². The third kappa shape index (κ3) is 2.06. The summed E-state index contributed by atoms with van der Waals surface area (Å²) in [6.45, 7) is 0.706. The topological polar surface area (TPSA) is 48.4 Å². The molecule has 2 aromatic rings. The fourth-order valence-electron chi connectivity index (χ4n) is 2.45. The second-order valence-corrected chi connectivity index (χ2v) is 5.23. The van der Waals surface area contributed by atoms with Crippen LogP contribution in [-0.4, -0.2) is 6.61 Å². The Morgan fingerprint density at radius 2 is 2.06 bits per heavy atom. The number of ether oxygens (including phenoxy) is 1. The highest BCUT2D eigenvalue weighted by atomic mass is 79.9. The van der Waals surface area contributed by atoms with Crippen LogP contribution in [0.25, 0.3) is 0 Å². The maximum atomic E-state index is 6.33. The van der Waals surface area contributed by atoms with Gasteiger partial charge < -0.3 is 14.9 Å². The quantitative estimate of drug-likeness (QED) is 0.922. The molecule has 2 unspecified atom stereocenters. The van der Waals surface area contributed by atoms with Gasteiger partial charge in [0.15, 0.2) is 4.67 Å². The predicted octanol–water partition coefficient (Wildman–Crippen LogP) is 3.61. The smallest absolute Gasteiger partial charge is 0.169 e. The monoisotopic (exact) mass is 307 g/mol.